The first-order chi connectivity index (χ1) is 9.24. The third-order valence-corrected chi connectivity index (χ3v) is 4.74. The SMILES string of the molecule is COCc1nc(CCN2CCCCC2C)sc1C#N. The Morgan fingerprint density at radius 3 is 3.05 bits per heavy atom. The molecule has 5 heteroatoms. The third-order valence-electron chi connectivity index (χ3n) is 3.68. The Morgan fingerprint density at radius 1 is 1.53 bits per heavy atom. The molecule has 0 aromatic carbocycles. The van der Waals surface area contributed by atoms with Crippen molar-refractivity contribution in [2.75, 3.05) is 20.2 Å². The molecule has 0 N–H and O–H groups in total. The number of thiazole rings is 1. The standard InChI is InChI=1S/C14H21N3OS/c1-11-5-3-4-7-17(11)8-6-14-16-12(10-18-2)13(9-15)19-14/h11H,3-8,10H2,1-2H3. The second-order valence-electron chi connectivity index (χ2n) is 5.06. The molecule has 4 nitrogen and oxygen atoms in total. The van der Waals surface area contributed by atoms with Gasteiger partial charge in [0.15, 0.2) is 0 Å². The van der Waals surface area contributed by atoms with Crippen molar-refractivity contribution < 1.29 is 4.74 Å². The van der Waals surface area contributed by atoms with E-state index in [1.165, 1.54) is 37.1 Å². The van der Waals surface area contributed by atoms with Crippen LogP contribution in [0.2, 0.25) is 0 Å². The summed E-state index contributed by atoms with van der Waals surface area (Å²) in [6, 6.07) is 2.89. The first-order valence-electron chi connectivity index (χ1n) is 6.86. The van der Waals surface area contributed by atoms with E-state index in [1.807, 2.05) is 0 Å². The summed E-state index contributed by atoms with van der Waals surface area (Å²) < 4.78 is 5.08. The number of likely N-dealkylation sites (tertiary alicyclic amines) is 1. The number of aromatic nitrogens is 1. The van der Waals surface area contributed by atoms with Gasteiger partial charge in [0.1, 0.15) is 10.9 Å². The molecular formula is C14H21N3OS. The average molecular weight is 279 g/mol. The van der Waals surface area contributed by atoms with Crippen molar-refractivity contribution in [3.63, 3.8) is 0 Å². The number of hydrogen-bond donors (Lipinski definition) is 0. The van der Waals surface area contributed by atoms with E-state index < -0.39 is 0 Å². The molecule has 104 valence electrons. The van der Waals surface area contributed by atoms with Gasteiger partial charge in [-0.15, -0.1) is 11.3 Å². The number of piperidine rings is 1. The molecule has 1 aliphatic heterocycles. The second-order valence-corrected chi connectivity index (χ2v) is 6.14. The Bertz CT molecular complexity index is 452. The fraction of sp³-hybridized carbons (Fsp3) is 0.714. The second kappa shape index (κ2) is 6.99. The maximum Gasteiger partial charge on any atom is 0.130 e. The van der Waals surface area contributed by atoms with Crippen LogP contribution in [0.5, 0.6) is 0 Å². The van der Waals surface area contributed by atoms with Crippen LogP contribution in [-0.2, 0) is 17.8 Å². The van der Waals surface area contributed by atoms with Gasteiger partial charge in [-0.05, 0) is 26.3 Å². The van der Waals surface area contributed by atoms with Crippen molar-refractivity contribution in [1.29, 1.82) is 5.26 Å². The Hall–Kier alpha value is -0.960. The maximum absolute atomic E-state index is 9.07. The topological polar surface area (TPSA) is 49.1 Å². The lowest BCUT2D eigenvalue weighted by atomic mass is 10.0. The molecule has 1 atom stereocenters. The fourth-order valence-corrected chi connectivity index (χ4v) is 3.41. The molecule has 0 radical (unpaired) electrons. The van der Waals surface area contributed by atoms with Crippen LogP contribution in [-0.4, -0.2) is 36.1 Å². The van der Waals surface area contributed by atoms with E-state index in [4.69, 9.17) is 10.00 Å². The molecule has 1 aromatic rings. The average Bonchev–Trinajstić information content (AvgIpc) is 2.81. The summed E-state index contributed by atoms with van der Waals surface area (Å²) in [6.45, 7) is 4.98. The Balaban J connectivity index is 1.94. The van der Waals surface area contributed by atoms with Gasteiger partial charge in [-0.3, -0.25) is 0 Å². The minimum absolute atomic E-state index is 0.430. The lowest BCUT2D eigenvalue weighted by Crippen LogP contribution is -2.38. The van der Waals surface area contributed by atoms with E-state index in [-0.39, 0.29) is 0 Å². The summed E-state index contributed by atoms with van der Waals surface area (Å²) >= 11 is 1.51. The molecule has 0 bridgehead atoms. The zero-order valence-electron chi connectivity index (χ0n) is 11.7. The molecule has 0 saturated carbocycles. The molecule has 1 fully saturated rings. The van der Waals surface area contributed by atoms with E-state index in [9.17, 15) is 0 Å². The van der Waals surface area contributed by atoms with E-state index in [2.05, 4.69) is 22.9 Å². The van der Waals surface area contributed by atoms with Crippen molar-refractivity contribution in [3.05, 3.63) is 15.6 Å². The predicted octanol–water partition coefficient (Wildman–Crippen LogP) is 2.58. The minimum atomic E-state index is 0.430. The van der Waals surface area contributed by atoms with Crippen molar-refractivity contribution in [2.45, 2.75) is 45.3 Å². The number of nitriles is 1. The van der Waals surface area contributed by atoms with Crippen molar-refractivity contribution in [1.82, 2.24) is 9.88 Å². The monoisotopic (exact) mass is 279 g/mol. The maximum atomic E-state index is 9.07. The van der Waals surface area contributed by atoms with Gasteiger partial charge in [-0.2, -0.15) is 5.26 Å². The summed E-state index contributed by atoms with van der Waals surface area (Å²) in [4.78, 5) is 7.76. The number of ether oxygens (including phenoxy) is 1. The van der Waals surface area contributed by atoms with Gasteiger partial charge in [-0.1, -0.05) is 6.42 Å². The summed E-state index contributed by atoms with van der Waals surface area (Å²) in [5.74, 6) is 0. The van der Waals surface area contributed by atoms with E-state index in [0.717, 1.165) is 23.7 Å². The summed E-state index contributed by atoms with van der Waals surface area (Å²) in [6.07, 6.45) is 4.90. The summed E-state index contributed by atoms with van der Waals surface area (Å²) in [5, 5.41) is 10.1. The molecule has 1 saturated heterocycles. The molecule has 1 aliphatic rings. The zero-order valence-corrected chi connectivity index (χ0v) is 12.5. The highest BCUT2D eigenvalue weighted by Gasteiger charge is 2.18. The Morgan fingerprint density at radius 2 is 2.37 bits per heavy atom. The van der Waals surface area contributed by atoms with E-state index in [0.29, 0.717) is 17.5 Å². The van der Waals surface area contributed by atoms with Crippen LogP contribution in [0, 0.1) is 11.3 Å². The van der Waals surface area contributed by atoms with Gasteiger partial charge in [0.25, 0.3) is 0 Å². The molecular weight excluding hydrogens is 258 g/mol. The Kier molecular flexibility index (Phi) is 5.32. The molecule has 1 unspecified atom stereocenters. The molecule has 0 amide bonds. The lowest BCUT2D eigenvalue weighted by Gasteiger charge is -2.32. The molecule has 0 aliphatic carbocycles. The van der Waals surface area contributed by atoms with Gasteiger partial charge in [-0.25, -0.2) is 4.98 Å². The smallest absolute Gasteiger partial charge is 0.130 e. The number of rotatable bonds is 5. The van der Waals surface area contributed by atoms with Crippen LogP contribution < -0.4 is 0 Å². The van der Waals surface area contributed by atoms with Crippen LogP contribution in [0.4, 0.5) is 0 Å². The van der Waals surface area contributed by atoms with Crippen LogP contribution in [0.25, 0.3) is 0 Å². The highest BCUT2D eigenvalue weighted by molar-refractivity contribution is 7.12. The van der Waals surface area contributed by atoms with Crippen molar-refractivity contribution in [3.8, 4) is 6.07 Å². The van der Waals surface area contributed by atoms with Crippen molar-refractivity contribution in [2.24, 2.45) is 0 Å². The molecule has 2 heterocycles. The molecule has 0 spiro atoms. The summed E-state index contributed by atoms with van der Waals surface area (Å²) in [7, 11) is 1.63. The third kappa shape index (κ3) is 3.75. The highest BCUT2D eigenvalue weighted by Crippen LogP contribution is 2.21. The molecule has 19 heavy (non-hydrogen) atoms. The first kappa shape index (κ1) is 14.4. The van der Waals surface area contributed by atoms with Crippen LogP contribution >= 0.6 is 11.3 Å². The van der Waals surface area contributed by atoms with Gasteiger partial charge >= 0.3 is 0 Å². The number of methoxy groups -OCH3 is 1. The summed E-state index contributed by atoms with van der Waals surface area (Å²) in [5.41, 5.74) is 0.789. The van der Waals surface area contributed by atoms with Crippen LogP contribution in [0.15, 0.2) is 0 Å². The first-order valence-corrected chi connectivity index (χ1v) is 7.68. The van der Waals surface area contributed by atoms with Gasteiger partial charge < -0.3 is 9.64 Å². The highest BCUT2D eigenvalue weighted by atomic mass is 32.1. The van der Waals surface area contributed by atoms with E-state index >= 15 is 0 Å². The zero-order chi connectivity index (χ0) is 13.7. The van der Waals surface area contributed by atoms with Crippen LogP contribution in [0.3, 0.4) is 0 Å². The van der Waals surface area contributed by atoms with Gasteiger partial charge in [0.2, 0.25) is 0 Å². The van der Waals surface area contributed by atoms with Gasteiger partial charge in [0.05, 0.1) is 17.3 Å². The quantitative estimate of drug-likeness (QED) is 0.831. The predicted molar refractivity (Wildman–Crippen MR) is 76.1 cm³/mol. The Labute approximate surface area is 119 Å². The lowest BCUT2D eigenvalue weighted by molar-refractivity contribution is 0.162. The minimum Gasteiger partial charge on any atom is -0.378 e. The van der Waals surface area contributed by atoms with Crippen LogP contribution in [0.1, 0.15) is 41.8 Å². The van der Waals surface area contributed by atoms with Gasteiger partial charge in [0, 0.05) is 26.1 Å². The molecule has 2 rings (SSSR count). The van der Waals surface area contributed by atoms with Crippen molar-refractivity contribution >= 4 is 11.3 Å². The number of hydrogen-bond acceptors (Lipinski definition) is 5. The molecule has 1 aromatic heterocycles. The van der Waals surface area contributed by atoms with E-state index in [1.54, 1.807) is 7.11 Å². The largest absolute Gasteiger partial charge is 0.378 e. The normalized spacial score (nSPS) is 20.4. The fourth-order valence-electron chi connectivity index (χ4n) is 2.56. The number of nitrogens with zero attached hydrogens (tertiary/aromatic N) is 3.